The molecule has 2 aromatic heterocycles. The van der Waals surface area contributed by atoms with Crippen LogP contribution in [0.3, 0.4) is 0 Å². The minimum absolute atomic E-state index is 0.180. The van der Waals surface area contributed by atoms with E-state index in [0.29, 0.717) is 22.6 Å². The summed E-state index contributed by atoms with van der Waals surface area (Å²) >= 11 is 0. The van der Waals surface area contributed by atoms with Crippen LogP contribution in [0.5, 0.6) is 0 Å². The molecule has 4 aromatic rings. The van der Waals surface area contributed by atoms with Crippen LogP contribution in [0.2, 0.25) is 0 Å². The number of nitrogens with one attached hydrogen (secondary N) is 1. The van der Waals surface area contributed by atoms with Crippen LogP contribution in [0.4, 0.5) is 4.39 Å². The van der Waals surface area contributed by atoms with E-state index in [-0.39, 0.29) is 17.3 Å². The van der Waals surface area contributed by atoms with Crippen LogP contribution in [0.1, 0.15) is 26.4 Å². The summed E-state index contributed by atoms with van der Waals surface area (Å²) in [7, 11) is 1.53. The molecule has 0 bridgehead atoms. The molecule has 0 saturated heterocycles. The van der Waals surface area contributed by atoms with Crippen molar-refractivity contribution in [2.45, 2.75) is 6.92 Å². The molecule has 2 heterocycles. The molecule has 1 amide bonds. The largest absolute Gasteiger partial charge is 0.478 e. The number of carboxylic acid groups (broad SMARTS) is 1. The molecule has 0 saturated carbocycles. The number of carboxylic acids is 1. The first-order chi connectivity index (χ1) is 14.4. The minimum atomic E-state index is -1.01. The highest BCUT2D eigenvalue weighted by atomic mass is 19.1. The normalized spacial score (nSPS) is 10.9. The first-order valence-electron chi connectivity index (χ1n) is 9.23. The topological polar surface area (TPSA) is 83.7 Å². The van der Waals surface area contributed by atoms with Gasteiger partial charge in [0.15, 0.2) is 0 Å². The fraction of sp³-hybridized carbons (Fsp3) is 0.0870. The Kier molecular flexibility index (Phi) is 4.79. The van der Waals surface area contributed by atoms with E-state index in [1.807, 2.05) is 13.0 Å². The van der Waals surface area contributed by atoms with Crippen LogP contribution in [-0.2, 0) is 0 Å². The van der Waals surface area contributed by atoms with Crippen molar-refractivity contribution >= 4 is 17.5 Å². The number of benzene rings is 2. The van der Waals surface area contributed by atoms with Crippen molar-refractivity contribution in [2.24, 2.45) is 0 Å². The maximum absolute atomic E-state index is 13.4. The Bertz CT molecular complexity index is 1290. The van der Waals surface area contributed by atoms with Gasteiger partial charge in [0.25, 0.3) is 5.91 Å². The van der Waals surface area contributed by atoms with E-state index >= 15 is 0 Å². The third-order valence-electron chi connectivity index (χ3n) is 4.97. The Morgan fingerprint density at radius 1 is 1.03 bits per heavy atom. The molecule has 2 N–H and O–H groups in total. The lowest BCUT2D eigenvalue weighted by atomic mass is 9.99. The molecule has 2 aromatic carbocycles. The number of pyridine rings is 1. The number of nitrogens with zero attached hydrogens (tertiary/aromatic N) is 2. The van der Waals surface area contributed by atoms with Gasteiger partial charge in [-0.25, -0.2) is 14.2 Å². The van der Waals surface area contributed by atoms with Gasteiger partial charge < -0.3 is 10.4 Å². The Labute approximate surface area is 171 Å². The molecular formula is C23H18FN3O3. The van der Waals surface area contributed by atoms with Crippen LogP contribution in [-0.4, -0.2) is 33.4 Å². The van der Waals surface area contributed by atoms with Gasteiger partial charge in [0.05, 0.1) is 5.56 Å². The molecule has 0 aliphatic carbocycles. The summed E-state index contributed by atoms with van der Waals surface area (Å²) in [5.41, 5.74) is 4.48. The number of carbonyl (C=O) groups excluding carboxylic acids is 1. The van der Waals surface area contributed by atoms with Gasteiger partial charge >= 0.3 is 5.97 Å². The molecular weight excluding hydrogens is 385 g/mol. The number of aromatic carboxylic acids is 1. The predicted molar refractivity (Wildman–Crippen MR) is 111 cm³/mol. The highest BCUT2D eigenvalue weighted by Gasteiger charge is 2.20. The van der Waals surface area contributed by atoms with Crippen LogP contribution in [0, 0.1) is 12.7 Å². The molecule has 150 valence electrons. The van der Waals surface area contributed by atoms with E-state index < -0.39 is 5.97 Å². The Morgan fingerprint density at radius 2 is 1.73 bits per heavy atom. The van der Waals surface area contributed by atoms with E-state index in [9.17, 15) is 19.1 Å². The van der Waals surface area contributed by atoms with Gasteiger partial charge in [0, 0.05) is 18.8 Å². The number of amides is 1. The van der Waals surface area contributed by atoms with Crippen molar-refractivity contribution in [1.29, 1.82) is 0 Å². The van der Waals surface area contributed by atoms with Crippen molar-refractivity contribution in [3.8, 4) is 22.4 Å². The predicted octanol–water partition coefficient (Wildman–Crippen LogP) is 4.17. The summed E-state index contributed by atoms with van der Waals surface area (Å²) in [4.78, 5) is 28.6. The number of aromatic nitrogens is 2. The van der Waals surface area contributed by atoms with Gasteiger partial charge in [-0.15, -0.1) is 0 Å². The molecule has 0 atom stereocenters. The highest BCUT2D eigenvalue weighted by molar-refractivity contribution is 5.99. The molecule has 4 rings (SSSR count). The molecule has 0 spiro atoms. The molecule has 0 aliphatic rings. The summed E-state index contributed by atoms with van der Waals surface area (Å²) in [6.45, 7) is 1.89. The maximum Gasteiger partial charge on any atom is 0.335 e. The summed E-state index contributed by atoms with van der Waals surface area (Å²) < 4.78 is 15.0. The van der Waals surface area contributed by atoms with Crippen LogP contribution in [0.25, 0.3) is 28.0 Å². The Hall–Kier alpha value is -4.00. The second-order valence-electron chi connectivity index (χ2n) is 6.88. The average molecular weight is 403 g/mol. The second-order valence-corrected chi connectivity index (χ2v) is 6.88. The summed E-state index contributed by atoms with van der Waals surface area (Å²) in [5, 5.41) is 11.9. The zero-order valence-electron chi connectivity index (χ0n) is 16.3. The minimum Gasteiger partial charge on any atom is -0.478 e. The lowest BCUT2D eigenvalue weighted by Gasteiger charge is -2.09. The van der Waals surface area contributed by atoms with E-state index in [1.54, 1.807) is 47.0 Å². The second kappa shape index (κ2) is 7.44. The van der Waals surface area contributed by atoms with Crippen molar-refractivity contribution in [3.63, 3.8) is 0 Å². The van der Waals surface area contributed by atoms with Crippen LogP contribution >= 0.6 is 0 Å². The number of hydrogen-bond acceptors (Lipinski definition) is 3. The van der Waals surface area contributed by atoms with Gasteiger partial charge in [0.1, 0.15) is 22.9 Å². The smallest absolute Gasteiger partial charge is 0.335 e. The fourth-order valence-electron chi connectivity index (χ4n) is 3.41. The summed E-state index contributed by atoms with van der Waals surface area (Å²) in [6, 6.07) is 14.3. The molecule has 0 fully saturated rings. The van der Waals surface area contributed by atoms with Gasteiger partial charge in [-0.3, -0.25) is 9.20 Å². The number of hydrogen-bond donors (Lipinski definition) is 2. The number of carbonyl (C=O) groups is 2. The van der Waals surface area contributed by atoms with Gasteiger partial charge in [-0.1, -0.05) is 6.07 Å². The first kappa shape index (κ1) is 19.3. The SMILES string of the molecule is CNC(=O)c1c(-c2ccc(F)cc2)nc2ccc(-c3cc(C(=O)O)ccc3C)cn12. The third kappa shape index (κ3) is 3.30. The van der Waals surface area contributed by atoms with E-state index in [4.69, 9.17) is 0 Å². The first-order valence-corrected chi connectivity index (χ1v) is 9.23. The molecule has 6 nitrogen and oxygen atoms in total. The number of halogens is 1. The molecule has 7 heteroatoms. The number of aryl methyl sites for hydroxylation is 1. The van der Waals surface area contributed by atoms with E-state index in [0.717, 1.165) is 16.7 Å². The summed E-state index contributed by atoms with van der Waals surface area (Å²) in [6.07, 6.45) is 1.76. The van der Waals surface area contributed by atoms with Crippen molar-refractivity contribution in [3.05, 3.63) is 83.4 Å². The highest BCUT2D eigenvalue weighted by Crippen LogP contribution is 2.29. The van der Waals surface area contributed by atoms with Gasteiger partial charge in [0.2, 0.25) is 0 Å². The third-order valence-corrected chi connectivity index (χ3v) is 4.97. The zero-order chi connectivity index (χ0) is 21.4. The number of imidazole rings is 1. The molecule has 0 aliphatic heterocycles. The monoisotopic (exact) mass is 403 g/mol. The molecule has 0 unspecified atom stereocenters. The quantitative estimate of drug-likeness (QED) is 0.536. The van der Waals surface area contributed by atoms with Crippen molar-refractivity contribution < 1.29 is 19.1 Å². The summed E-state index contributed by atoms with van der Waals surface area (Å²) in [5.74, 6) is -1.72. The van der Waals surface area contributed by atoms with Crippen LogP contribution in [0.15, 0.2) is 60.8 Å². The van der Waals surface area contributed by atoms with Gasteiger partial charge in [-0.2, -0.15) is 0 Å². The molecule has 30 heavy (non-hydrogen) atoms. The molecule has 0 radical (unpaired) electrons. The fourth-order valence-corrected chi connectivity index (χ4v) is 3.41. The van der Waals surface area contributed by atoms with E-state index in [2.05, 4.69) is 10.3 Å². The average Bonchev–Trinajstić information content (AvgIpc) is 3.12. The maximum atomic E-state index is 13.4. The number of fused-ring (bicyclic) bond motifs is 1. The Morgan fingerprint density at radius 3 is 2.40 bits per heavy atom. The Balaban J connectivity index is 1.95. The lowest BCUT2D eigenvalue weighted by Crippen LogP contribution is -2.20. The van der Waals surface area contributed by atoms with E-state index in [1.165, 1.54) is 19.2 Å². The zero-order valence-corrected chi connectivity index (χ0v) is 16.3. The number of rotatable bonds is 4. The lowest BCUT2D eigenvalue weighted by molar-refractivity contribution is 0.0696. The standard InChI is InChI=1S/C23H18FN3O3/c1-13-3-4-15(23(29)30)11-18(13)16-7-10-19-26-20(14-5-8-17(24)9-6-14)21(22(28)25-2)27(19)12-16/h3-12H,1-2H3,(H,25,28)(H,29,30). The van der Waals surface area contributed by atoms with Crippen molar-refractivity contribution in [2.75, 3.05) is 7.05 Å². The van der Waals surface area contributed by atoms with Crippen molar-refractivity contribution in [1.82, 2.24) is 14.7 Å². The van der Waals surface area contributed by atoms with Crippen LogP contribution < -0.4 is 5.32 Å². The van der Waals surface area contributed by atoms with Gasteiger partial charge in [-0.05, 0) is 72.1 Å².